The first-order valence-corrected chi connectivity index (χ1v) is 8.61. The Bertz CT molecular complexity index is 499. The highest BCUT2D eigenvalue weighted by Crippen LogP contribution is 2.41. The molecule has 2 heterocycles. The molecule has 0 bridgehead atoms. The van der Waals surface area contributed by atoms with Crippen molar-refractivity contribution in [2.75, 3.05) is 26.2 Å². The molecule has 0 aromatic carbocycles. The molecule has 0 aromatic rings. The number of likely N-dealkylation sites (tertiary alicyclic amines) is 1. The molecule has 2 aliphatic heterocycles. The maximum Gasteiger partial charge on any atom is 0.525 e. The largest absolute Gasteiger partial charge is 0.525 e. The van der Waals surface area contributed by atoms with Crippen LogP contribution in [0.3, 0.4) is 0 Å². The third kappa shape index (κ3) is 4.56. The molecule has 2 saturated heterocycles. The average Bonchev–Trinajstić information content (AvgIpc) is 2.72. The Kier molecular flexibility index (Phi) is 5.93. The molecule has 0 aliphatic carbocycles. The molecule has 0 radical (unpaired) electrons. The van der Waals surface area contributed by atoms with Gasteiger partial charge in [0, 0.05) is 6.54 Å². The Labute approximate surface area is 146 Å². The summed E-state index contributed by atoms with van der Waals surface area (Å²) in [7, 11) is -1.64. The molecule has 0 saturated carbocycles. The van der Waals surface area contributed by atoms with Crippen LogP contribution in [-0.2, 0) is 9.31 Å². The number of hydrogen-bond acceptors (Lipinski definition) is 4. The van der Waals surface area contributed by atoms with Gasteiger partial charge in [-0.05, 0) is 66.1 Å². The molecule has 2 aliphatic rings. The van der Waals surface area contributed by atoms with Crippen molar-refractivity contribution in [1.29, 1.82) is 0 Å². The maximum atomic E-state index is 14.7. The minimum absolute atomic E-state index is 0.322. The monoisotopic (exact) mass is 366 g/mol. The van der Waals surface area contributed by atoms with Gasteiger partial charge in [-0.2, -0.15) is 13.2 Å². The Morgan fingerprint density at radius 3 is 2.00 bits per heavy atom. The minimum atomic E-state index is -4.78. The lowest BCUT2D eigenvalue weighted by Gasteiger charge is -2.32. The quantitative estimate of drug-likeness (QED) is 0.614. The zero-order chi connectivity index (χ0) is 19.0. The van der Waals surface area contributed by atoms with Gasteiger partial charge in [0.15, 0.2) is 0 Å². The maximum absolute atomic E-state index is 14.7. The lowest BCUT2D eigenvalue weighted by molar-refractivity contribution is -0.0979. The van der Waals surface area contributed by atoms with Crippen molar-refractivity contribution < 1.29 is 26.9 Å². The molecule has 0 unspecified atom stereocenters. The number of halogens is 4. The summed E-state index contributed by atoms with van der Waals surface area (Å²) >= 11 is 0. The summed E-state index contributed by atoms with van der Waals surface area (Å²) in [4.78, 5) is 1.61. The zero-order valence-electron chi connectivity index (χ0n) is 15.3. The Hall–Kier alpha value is -0.635. The molecule has 0 aromatic heterocycles. The Balaban J connectivity index is 2.18. The predicted molar refractivity (Wildman–Crippen MR) is 88.5 cm³/mol. The van der Waals surface area contributed by atoms with Crippen molar-refractivity contribution >= 4 is 7.12 Å². The number of hydrogen-bond donors (Lipinski definition) is 1. The normalized spacial score (nSPS) is 26.0. The average molecular weight is 366 g/mol. The van der Waals surface area contributed by atoms with Gasteiger partial charge in [0.25, 0.3) is 0 Å². The van der Waals surface area contributed by atoms with E-state index in [2.05, 4.69) is 0 Å². The van der Waals surface area contributed by atoms with Crippen LogP contribution in [-0.4, -0.2) is 55.6 Å². The van der Waals surface area contributed by atoms with Crippen LogP contribution in [0, 0.1) is 5.92 Å². The molecular formula is C16H27BF4N2O2. The molecule has 2 rings (SSSR count). The third-order valence-electron chi connectivity index (χ3n) is 5.51. The molecule has 2 N–H and O–H groups in total. The lowest BCUT2D eigenvalue weighted by atomic mass is 9.84. The van der Waals surface area contributed by atoms with Crippen molar-refractivity contribution in [3.05, 3.63) is 11.3 Å². The Morgan fingerprint density at radius 1 is 1.12 bits per heavy atom. The first kappa shape index (κ1) is 20.7. The third-order valence-corrected chi connectivity index (χ3v) is 5.51. The summed E-state index contributed by atoms with van der Waals surface area (Å²) in [5, 5.41) is 0. The van der Waals surface area contributed by atoms with Gasteiger partial charge < -0.3 is 15.0 Å². The predicted octanol–water partition coefficient (Wildman–Crippen LogP) is 3.07. The summed E-state index contributed by atoms with van der Waals surface area (Å²) in [5.41, 5.74) is 1.20. The first-order chi connectivity index (χ1) is 11.4. The van der Waals surface area contributed by atoms with E-state index >= 15 is 0 Å². The van der Waals surface area contributed by atoms with Crippen LogP contribution < -0.4 is 5.73 Å². The lowest BCUT2D eigenvalue weighted by Crippen LogP contribution is -2.41. The van der Waals surface area contributed by atoms with E-state index in [4.69, 9.17) is 15.0 Å². The molecule has 4 nitrogen and oxygen atoms in total. The smallest absolute Gasteiger partial charge is 0.398 e. The molecule has 25 heavy (non-hydrogen) atoms. The standard InChI is InChI=1S/C16H27BF4N2O2/c1-14(2)15(3,4)25-17(24-14)13(18)12(16(19,20)21)10-23-7-5-11(9-22)6-8-23/h11H,5-10,22H2,1-4H3. The van der Waals surface area contributed by atoms with Crippen molar-refractivity contribution in [3.63, 3.8) is 0 Å². The van der Waals surface area contributed by atoms with Crippen molar-refractivity contribution in [2.24, 2.45) is 11.7 Å². The second-order valence-corrected chi connectivity index (χ2v) is 7.87. The van der Waals surface area contributed by atoms with E-state index in [-0.39, 0.29) is 0 Å². The number of piperidine rings is 1. The van der Waals surface area contributed by atoms with Gasteiger partial charge in [0.2, 0.25) is 0 Å². The van der Waals surface area contributed by atoms with Gasteiger partial charge in [-0.25, -0.2) is 4.39 Å². The molecule has 9 heteroatoms. The summed E-state index contributed by atoms with van der Waals surface area (Å²) in [6.07, 6.45) is -3.34. The second kappa shape index (κ2) is 7.17. The van der Waals surface area contributed by atoms with Crippen LogP contribution >= 0.6 is 0 Å². The number of nitrogens with two attached hydrogens (primary N) is 1. The van der Waals surface area contributed by atoms with Gasteiger partial charge >= 0.3 is 13.3 Å². The summed E-state index contributed by atoms with van der Waals surface area (Å²) < 4.78 is 65.9. The van der Waals surface area contributed by atoms with E-state index in [0.717, 1.165) is 12.8 Å². The van der Waals surface area contributed by atoms with Gasteiger partial charge in [-0.15, -0.1) is 0 Å². The number of nitrogens with zero attached hydrogens (tertiary/aromatic N) is 1. The second-order valence-electron chi connectivity index (χ2n) is 7.87. The fraction of sp³-hybridized carbons (Fsp3) is 0.875. The fourth-order valence-electron chi connectivity index (χ4n) is 2.99. The highest BCUT2D eigenvalue weighted by molar-refractivity contribution is 6.53. The molecule has 0 spiro atoms. The van der Waals surface area contributed by atoms with E-state index in [0.29, 0.717) is 25.6 Å². The van der Waals surface area contributed by atoms with E-state index in [9.17, 15) is 17.6 Å². The van der Waals surface area contributed by atoms with Gasteiger partial charge in [-0.1, -0.05) is 0 Å². The van der Waals surface area contributed by atoms with Crippen LogP contribution in [0.5, 0.6) is 0 Å². The van der Waals surface area contributed by atoms with Crippen LogP contribution in [0.15, 0.2) is 11.3 Å². The van der Waals surface area contributed by atoms with Crippen LogP contribution in [0.25, 0.3) is 0 Å². The van der Waals surface area contributed by atoms with E-state index in [1.54, 1.807) is 32.6 Å². The number of alkyl halides is 3. The SMILES string of the molecule is CC1(C)OB(C(F)=C(CN2CCC(CN)CC2)C(F)(F)F)OC1(C)C. The van der Waals surface area contributed by atoms with E-state index in [1.165, 1.54) is 0 Å². The molecule has 2 fully saturated rings. The van der Waals surface area contributed by atoms with Crippen LogP contribution in [0.4, 0.5) is 17.6 Å². The van der Waals surface area contributed by atoms with Gasteiger partial charge in [0.1, 0.15) is 5.73 Å². The molecular weight excluding hydrogens is 339 g/mol. The summed E-state index contributed by atoms with van der Waals surface area (Å²) in [6, 6.07) is 0. The van der Waals surface area contributed by atoms with Crippen molar-refractivity contribution in [2.45, 2.75) is 57.9 Å². The Morgan fingerprint density at radius 2 is 1.60 bits per heavy atom. The van der Waals surface area contributed by atoms with E-state index < -0.39 is 42.3 Å². The molecule has 0 atom stereocenters. The number of rotatable bonds is 4. The molecule has 0 amide bonds. The highest BCUT2D eigenvalue weighted by atomic mass is 19.4. The van der Waals surface area contributed by atoms with Crippen LogP contribution in [0.2, 0.25) is 0 Å². The zero-order valence-corrected chi connectivity index (χ0v) is 15.3. The topological polar surface area (TPSA) is 47.7 Å². The fourth-order valence-corrected chi connectivity index (χ4v) is 2.99. The molecule has 144 valence electrons. The summed E-state index contributed by atoms with van der Waals surface area (Å²) in [5.74, 6) is 0.322. The van der Waals surface area contributed by atoms with Crippen LogP contribution in [0.1, 0.15) is 40.5 Å². The minimum Gasteiger partial charge on any atom is -0.398 e. The van der Waals surface area contributed by atoms with Crippen molar-refractivity contribution in [3.8, 4) is 0 Å². The highest BCUT2D eigenvalue weighted by Gasteiger charge is 2.55. The van der Waals surface area contributed by atoms with Gasteiger partial charge in [0.05, 0.1) is 16.8 Å². The van der Waals surface area contributed by atoms with Crippen molar-refractivity contribution in [1.82, 2.24) is 4.90 Å². The summed E-state index contributed by atoms with van der Waals surface area (Å²) in [6.45, 7) is 7.65. The van der Waals surface area contributed by atoms with Gasteiger partial charge in [-0.3, -0.25) is 4.90 Å². The van der Waals surface area contributed by atoms with E-state index in [1.807, 2.05) is 0 Å². The first-order valence-electron chi connectivity index (χ1n) is 8.61.